The second-order valence-electron chi connectivity index (χ2n) is 9.64. The first-order valence-corrected chi connectivity index (χ1v) is 12.0. The van der Waals surface area contributed by atoms with Gasteiger partial charge in [-0.25, -0.2) is 0 Å². The molecule has 166 valence electrons. The molecule has 0 spiro atoms. The van der Waals surface area contributed by atoms with E-state index in [9.17, 15) is 8.78 Å². The predicted molar refractivity (Wildman–Crippen MR) is 123 cm³/mol. The van der Waals surface area contributed by atoms with E-state index in [1.54, 1.807) is 0 Å². The molecule has 2 aliphatic rings. The average molecular weight is 425 g/mol. The fraction of sp³-hybridized carbons (Fsp3) is 0.500. The third-order valence-electron chi connectivity index (χ3n) is 7.41. The summed E-state index contributed by atoms with van der Waals surface area (Å²) in [5, 5.41) is 0. The van der Waals surface area contributed by atoms with Crippen LogP contribution in [-0.4, -0.2) is 0 Å². The molecule has 2 aliphatic carbocycles. The third-order valence-corrected chi connectivity index (χ3v) is 7.41. The smallest absolute Gasteiger partial charge is 0.266 e. The highest BCUT2D eigenvalue weighted by Gasteiger charge is 2.22. The lowest BCUT2D eigenvalue weighted by Crippen LogP contribution is -2.12. The Balaban J connectivity index is 1.28. The van der Waals surface area contributed by atoms with Crippen molar-refractivity contribution in [3.05, 3.63) is 71.8 Å². The zero-order valence-electron chi connectivity index (χ0n) is 18.5. The van der Waals surface area contributed by atoms with Gasteiger partial charge in [0.2, 0.25) is 0 Å². The molecule has 0 saturated heterocycles. The highest BCUT2D eigenvalue weighted by molar-refractivity contribution is 5.36. The minimum Gasteiger partial charge on any atom is -0.457 e. The van der Waals surface area contributed by atoms with Crippen molar-refractivity contribution in [2.24, 2.45) is 11.8 Å². The van der Waals surface area contributed by atoms with Crippen LogP contribution in [0.25, 0.3) is 0 Å². The van der Waals surface area contributed by atoms with E-state index in [4.69, 9.17) is 4.74 Å². The van der Waals surface area contributed by atoms with Gasteiger partial charge in [-0.15, -0.1) is 0 Å². The lowest BCUT2D eigenvalue weighted by molar-refractivity contribution is 0.322. The summed E-state index contributed by atoms with van der Waals surface area (Å²) in [6, 6.07) is 17.1. The summed E-state index contributed by atoms with van der Waals surface area (Å²) in [5.74, 6) is 4.25. The number of benzene rings is 2. The van der Waals surface area contributed by atoms with E-state index in [0.717, 1.165) is 49.2 Å². The maximum atomic E-state index is 12.3. The largest absolute Gasteiger partial charge is 0.457 e. The van der Waals surface area contributed by atoms with Crippen LogP contribution in [0.2, 0.25) is 0 Å². The summed E-state index contributed by atoms with van der Waals surface area (Å²) in [6.45, 7) is 2.36. The third kappa shape index (κ3) is 6.18. The number of allylic oxidation sites excluding steroid dienone is 1. The van der Waals surface area contributed by atoms with E-state index in [-0.39, 0.29) is 0 Å². The van der Waals surface area contributed by atoms with E-state index in [1.807, 2.05) is 0 Å². The Kier molecular flexibility index (Phi) is 7.42. The van der Waals surface area contributed by atoms with Crippen molar-refractivity contribution in [3.63, 3.8) is 0 Å². The summed E-state index contributed by atoms with van der Waals surface area (Å²) in [6.07, 6.45) is 9.53. The molecule has 0 heterocycles. The number of halogens is 2. The fourth-order valence-corrected chi connectivity index (χ4v) is 5.33. The molecule has 2 aromatic carbocycles. The first kappa shape index (κ1) is 22.0. The van der Waals surface area contributed by atoms with Crippen LogP contribution < -0.4 is 4.74 Å². The van der Waals surface area contributed by atoms with Crippen LogP contribution in [0.4, 0.5) is 8.78 Å². The minimum absolute atomic E-state index is 0.403. The van der Waals surface area contributed by atoms with Crippen molar-refractivity contribution in [2.45, 2.75) is 76.5 Å². The number of hydrogen-bond acceptors (Lipinski definition) is 1. The molecule has 0 radical (unpaired) electrons. The maximum absolute atomic E-state index is 12.3. The van der Waals surface area contributed by atoms with E-state index in [0.29, 0.717) is 24.2 Å². The first-order chi connectivity index (χ1) is 15.1. The van der Waals surface area contributed by atoms with Gasteiger partial charge in [0.25, 0.3) is 6.08 Å². The molecule has 0 aromatic heterocycles. The van der Waals surface area contributed by atoms with Crippen LogP contribution in [0.15, 0.2) is 60.7 Å². The summed E-state index contributed by atoms with van der Waals surface area (Å²) in [4.78, 5) is 0. The SMILES string of the molecule is CC1CCC(c2ccc(Oc3ccc(C4CCC(CC=C(F)F)CC4)cc3)cc2)CC1. The van der Waals surface area contributed by atoms with Crippen LogP contribution >= 0.6 is 0 Å². The van der Waals surface area contributed by atoms with Crippen LogP contribution in [0.3, 0.4) is 0 Å². The second kappa shape index (κ2) is 10.4. The number of hydrogen-bond donors (Lipinski definition) is 0. The van der Waals surface area contributed by atoms with Gasteiger partial charge in [-0.2, -0.15) is 8.78 Å². The van der Waals surface area contributed by atoms with Crippen molar-refractivity contribution in [2.75, 3.05) is 0 Å². The van der Waals surface area contributed by atoms with Gasteiger partial charge in [0.05, 0.1) is 0 Å². The van der Waals surface area contributed by atoms with Crippen LogP contribution in [-0.2, 0) is 0 Å². The molecule has 2 aromatic rings. The zero-order chi connectivity index (χ0) is 21.6. The highest BCUT2D eigenvalue weighted by Crippen LogP contribution is 2.39. The molecule has 0 N–H and O–H groups in total. The molecular weight excluding hydrogens is 390 g/mol. The molecule has 0 aliphatic heterocycles. The van der Waals surface area contributed by atoms with Crippen molar-refractivity contribution >= 4 is 0 Å². The molecule has 4 rings (SSSR count). The molecule has 31 heavy (non-hydrogen) atoms. The molecular formula is C28H34F2O. The monoisotopic (exact) mass is 424 g/mol. The standard InChI is InChI=1S/C28H34F2O/c1-20-2-7-22(8-3-20)24-11-15-26(16-12-24)31-27-17-13-25(14-18-27)23-9-4-21(5-10-23)6-19-28(29)30/h11-23H,2-10H2,1H3. The van der Waals surface area contributed by atoms with Crippen molar-refractivity contribution in [1.29, 1.82) is 0 Å². The van der Waals surface area contributed by atoms with Gasteiger partial charge in [-0.05, 0) is 110 Å². The molecule has 0 unspecified atom stereocenters. The first-order valence-electron chi connectivity index (χ1n) is 12.0. The van der Waals surface area contributed by atoms with Crippen LogP contribution in [0, 0.1) is 11.8 Å². The average Bonchev–Trinajstić information content (AvgIpc) is 2.80. The molecule has 2 fully saturated rings. The maximum Gasteiger partial charge on any atom is 0.266 e. The van der Waals surface area contributed by atoms with E-state index < -0.39 is 6.08 Å². The summed E-state index contributed by atoms with van der Waals surface area (Å²) < 4.78 is 30.7. The van der Waals surface area contributed by atoms with E-state index in [1.165, 1.54) is 36.8 Å². The summed E-state index contributed by atoms with van der Waals surface area (Å²) in [7, 11) is 0. The number of rotatable bonds is 6. The Labute approximate surface area is 185 Å². The normalized spacial score (nSPS) is 26.3. The molecule has 0 bridgehead atoms. The van der Waals surface area contributed by atoms with Gasteiger partial charge in [-0.1, -0.05) is 44.0 Å². The highest BCUT2D eigenvalue weighted by atomic mass is 19.3. The van der Waals surface area contributed by atoms with Gasteiger partial charge < -0.3 is 4.74 Å². The molecule has 0 atom stereocenters. The van der Waals surface area contributed by atoms with Gasteiger partial charge in [0, 0.05) is 0 Å². The van der Waals surface area contributed by atoms with Crippen molar-refractivity contribution in [3.8, 4) is 11.5 Å². The minimum atomic E-state index is -1.55. The topological polar surface area (TPSA) is 9.23 Å². The van der Waals surface area contributed by atoms with Gasteiger partial charge in [0.15, 0.2) is 0 Å². The molecule has 2 saturated carbocycles. The Morgan fingerprint density at radius 2 is 1.19 bits per heavy atom. The molecule has 1 nitrogen and oxygen atoms in total. The van der Waals surface area contributed by atoms with Crippen molar-refractivity contribution < 1.29 is 13.5 Å². The van der Waals surface area contributed by atoms with Crippen LogP contribution in [0.1, 0.15) is 87.7 Å². The quantitative estimate of drug-likeness (QED) is 0.449. The van der Waals surface area contributed by atoms with Gasteiger partial charge in [-0.3, -0.25) is 0 Å². The molecule has 0 amide bonds. The van der Waals surface area contributed by atoms with Gasteiger partial charge >= 0.3 is 0 Å². The van der Waals surface area contributed by atoms with Crippen LogP contribution in [0.5, 0.6) is 11.5 Å². The number of ether oxygens (including phenoxy) is 1. The molecule has 3 heteroatoms. The lowest BCUT2D eigenvalue weighted by atomic mass is 9.77. The zero-order valence-corrected chi connectivity index (χ0v) is 18.5. The summed E-state index contributed by atoms with van der Waals surface area (Å²) >= 11 is 0. The van der Waals surface area contributed by atoms with Crippen molar-refractivity contribution in [1.82, 2.24) is 0 Å². The second-order valence-corrected chi connectivity index (χ2v) is 9.64. The van der Waals surface area contributed by atoms with Gasteiger partial charge in [0.1, 0.15) is 11.5 Å². The Morgan fingerprint density at radius 1 is 0.742 bits per heavy atom. The lowest BCUT2D eigenvalue weighted by Gasteiger charge is -2.28. The van der Waals surface area contributed by atoms with E-state index >= 15 is 0 Å². The Morgan fingerprint density at radius 3 is 1.65 bits per heavy atom. The Hall–Kier alpha value is -2.16. The summed E-state index contributed by atoms with van der Waals surface area (Å²) in [5.41, 5.74) is 2.77. The predicted octanol–water partition coefficient (Wildman–Crippen LogP) is 9.22. The fourth-order valence-electron chi connectivity index (χ4n) is 5.33. The Bertz CT molecular complexity index is 836. The van der Waals surface area contributed by atoms with E-state index in [2.05, 4.69) is 55.5 Å².